The largest absolute Gasteiger partial charge is 0.490 e. The predicted molar refractivity (Wildman–Crippen MR) is 131 cm³/mol. The van der Waals surface area contributed by atoms with E-state index < -0.39 is 6.04 Å². The first-order valence-corrected chi connectivity index (χ1v) is 12.1. The normalized spacial score (nSPS) is 11.6. The van der Waals surface area contributed by atoms with Gasteiger partial charge >= 0.3 is 0 Å². The summed E-state index contributed by atoms with van der Waals surface area (Å²) in [6.07, 6.45) is 2.58. The zero-order valence-electron chi connectivity index (χ0n) is 20.7. The second-order valence-electron chi connectivity index (χ2n) is 8.12. The summed E-state index contributed by atoms with van der Waals surface area (Å²) in [6, 6.07) is 11.0. The second kappa shape index (κ2) is 14.2. The van der Waals surface area contributed by atoms with Crippen LogP contribution >= 0.6 is 0 Å². The molecule has 0 aromatic heterocycles. The third-order valence-corrected chi connectivity index (χ3v) is 5.50. The highest BCUT2D eigenvalue weighted by Crippen LogP contribution is 2.29. The van der Waals surface area contributed by atoms with Gasteiger partial charge in [0.2, 0.25) is 11.8 Å². The van der Waals surface area contributed by atoms with Gasteiger partial charge in [-0.25, -0.2) is 4.39 Å². The highest BCUT2D eigenvalue weighted by molar-refractivity contribution is 5.87. The number of benzene rings is 2. The fourth-order valence-electron chi connectivity index (χ4n) is 3.55. The summed E-state index contributed by atoms with van der Waals surface area (Å²) < 4.78 is 24.6. The highest BCUT2D eigenvalue weighted by atomic mass is 19.1. The van der Waals surface area contributed by atoms with Crippen LogP contribution in [0.25, 0.3) is 0 Å². The molecule has 0 bridgehead atoms. The number of amides is 2. The summed E-state index contributed by atoms with van der Waals surface area (Å²) in [5.74, 6) is 0.654. The number of rotatable bonds is 14. The number of nitrogens with zero attached hydrogens (tertiary/aromatic N) is 1. The third-order valence-electron chi connectivity index (χ3n) is 5.50. The lowest BCUT2D eigenvalue weighted by molar-refractivity contribution is -0.140. The zero-order chi connectivity index (χ0) is 24.9. The van der Waals surface area contributed by atoms with Gasteiger partial charge < -0.3 is 19.7 Å². The predicted octanol–water partition coefficient (Wildman–Crippen LogP) is 4.89. The van der Waals surface area contributed by atoms with Gasteiger partial charge in [-0.05, 0) is 69.0 Å². The molecule has 0 spiro atoms. The monoisotopic (exact) mass is 472 g/mol. The lowest BCUT2D eigenvalue weighted by Gasteiger charge is -2.29. The van der Waals surface area contributed by atoms with Crippen LogP contribution in [0.5, 0.6) is 11.5 Å². The third kappa shape index (κ3) is 8.36. The van der Waals surface area contributed by atoms with E-state index in [1.54, 1.807) is 24.0 Å². The molecule has 0 aliphatic heterocycles. The Bertz CT molecular complexity index is 917. The van der Waals surface area contributed by atoms with Gasteiger partial charge in [-0.2, -0.15) is 0 Å². The first kappa shape index (κ1) is 27.2. The standard InChI is InChI=1S/C27H37FN2O4/c1-5-8-17-29-27(32)20(4)30(19-22-9-13-23(28)14-10-22)26(31)16-12-21-11-15-24(33-6-2)25(18-21)34-7-3/h9-11,13-15,18,20H,5-8,12,16-17,19H2,1-4H3,(H,29,32)/t20-/m0/s1. The number of ether oxygens (including phenoxy) is 2. The summed E-state index contributed by atoms with van der Waals surface area (Å²) in [5, 5.41) is 2.90. The van der Waals surface area contributed by atoms with Crippen LogP contribution in [0.3, 0.4) is 0 Å². The summed E-state index contributed by atoms with van der Waals surface area (Å²) in [7, 11) is 0. The molecule has 6 nitrogen and oxygen atoms in total. The van der Waals surface area contributed by atoms with Crippen molar-refractivity contribution in [3.05, 3.63) is 59.4 Å². The fourth-order valence-corrected chi connectivity index (χ4v) is 3.55. The molecular weight excluding hydrogens is 435 g/mol. The summed E-state index contributed by atoms with van der Waals surface area (Å²) in [6.45, 7) is 9.46. The fraction of sp³-hybridized carbons (Fsp3) is 0.481. The van der Waals surface area contributed by atoms with E-state index in [4.69, 9.17) is 9.47 Å². The Hall–Kier alpha value is -3.09. The molecule has 2 amide bonds. The second-order valence-corrected chi connectivity index (χ2v) is 8.12. The first-order valence-electron chi connectivity index (χ1n) is 12.1. The lowest BCUT2D eigenvalue weighted by Crippen LogP contribution is -2.47. The van der Waals surface area contributed by atoms with E-state index in [0.29, 0.717) is 37.7 Å². The Kier molecular flexibility index (Phi) is 11.4. The number of unbranched alkanes of at least 4 members (excludes halogenated alkanes) is 1. The van der Waals surface area contributed by atoms with Gasteiger partial charge in [-0.3, -0.25) is 9.59 Å². The minimum absolute atomic E-state index is 0.144. The average Bonchev–Trinajstić information content (AvgIpc) is 2.83. The van der Waals surface area contributed by atoms with E-state index >= 15 is 0 Å². The highest BCUT2D eigenvalue weighted by Gasteiger charge is 2.26. The van der Waals surface area contributed by atoms with Crippen molar-refractivity contribution in [2.75, 3.05) is 19.8 Å². The number of aryl methyl sites for hydroxylation is 1. The van der Waals surface area contributed by atoms with Crippen LogP contribution in [-0.2, 0) is 22.6 Å². The van der Waals surface area contributed by atoms with Crippen molar-refractivity contribution in [1.82, 2.24) is 10.2 Å². The molecule has 186 valence electrons. The van der Waals surface area contributed by atoms with E-state index in [1.165, 1.54) is 12.1 Å². The number of nitrogens with one attached hydrogen (secondary N) is 1. The minimum atomic E-state index is -0.645. The van der Waals surface area contributed by atoms with Crippen molar-refractivity contribution in [3.63, 3.8) is 0 Å². The van der Waals surface area contributed by atoms with Crippen molar-refractivity contribution in [3.8, 4) is 11.5 Å². The van der Waals surface area contributed by atoms with Crippen LogP contribution in [0, 0.1) is 5.82 Å². The smallest absolute Gasteiger partial charge is 0.242 e. The summed E-state index contributed by atoms with van der Waals surface area (Å²) in [4.78, 5) is 27.5. The summed E-state index contributed by atoms with van der Waals surface area (Å²) >= 11 is 0. The molecule has 0 heterocycles. The Morgan fingerprint density at radius 2 is 1.62 bits per heavy atom. The number of hydrogen-bond donors (Lipinski definition) is 1. The molecule has 0 aliphatic carbocycles. The average molecular weight is 473 g/mol. The first-order chi connectivity index (χ1) is 16.4. The zero-order valence-corrected chi connectivity index (χ0v) is 20.7. The maximum Gasteiger partial charge on any atom is 0.242 e. The van der Waals surface area contributed by atoms with Crippen molar-refractivity contribution in [2.45, 2.75) is 66.0 Å². The lowest BCUT2D eigenvalue weighted by atomic mass is 10.1. The molecule has 2 aromatic carbocycles. The van der Waals surface area contributed by atoms with Gasteiger partial charge in [0, 0.05) is 19.5 Å². The van der Waals surface area contributed by atoms with E-state index in [2.05, 4.69) is 12.2 Å². The van der Waals surface area contributed by atoms with Crippen LogP contribution in [0.2, 0.25) is 0 Å². The maximum atomic E-state index is 13.4. The van der Waals surface area contributed by atoms with Gasteiger partial charge in [0.1, 0.15) is 11.9 Å². The molecule has 34 heavy (non-hydrogen) atoms. The Labute approximate surface area is 202 Å². The number of carbonyl (C=O) groups excluding carboxylic acids is 2. The van der Waals surface area contributed by atoms with Crippen molar-refractivity contribution >= 4 is 11.8 Å². The molecule has 0 saturated carbocycles. The molecule has 1 atom stereocenters. The summed E-state index contributed by atoms with van der Waals surface area (Å²) in [5.41, 5.74) is 1.71. The van der Waals surface area contributed by atoms with Crippen LogP contribution in [0.4, 0.5) is 4.39 Å². The van der Waals surface area contributed by atoms with Crippen LogP contribution in [-0.4, -0.2) is 42.5 Å². The Balaban J connectivity index is 2.14. The van der Waals surface area contributed by atoms with Crippen molar-refractivity contribution < 1.29 is 23.5 Å². The minimum Gasteiger partial charge on any atom is -0.490 e. The topological polar surface area (TPSA) is 67.9 Å². The van der Waals surface area contributed by atoms with Gasteiger partial charge in [0.25, 0.3) is 0 Å². The van der Waals surface area contributed by atoms with Crippen molar-refractivity contribution in [1.29, 1.82) is 0 Å². The molecule has 0 saturated heterocycles. The molecule has 0 fully saturated rings. The van der Waals surface area contributed by atoms with Crippen LogP contribution < -0.4 is 14.8 Å². The van der Waals surface area contributed by atoms with Gasteiger partial charge in [0.15, 0.2) is 11.5 Å². The molecule has 2 aromatic rings. The SMILES string of the molecule is CCCCNC(=O)[C@H](C)N(Cc1ccc(F)cc1)C(=O)CCc1ccc(OCC)c(OCC)c1. The van der Waals surface area contributed by atoms with Gasteiger partial charge in [-0.15, -0.1) is 0 Å². The molecule has 0 radical (unpaired) electrons. The molecule has 0 unspecified atom stereocenters. The molecular formula is C27H37FN2O4. The van der Waals surface area contributed by atoms with Crippen molar-refractivity contribution in [2.24, 2.45) is 0 Å². The molecule has 2 rings (SSSR count). The van der Waals surface area contributed by atoms with E-state index in [1.807, 2.05) is 32.0 Å². The van der Waals surface area contributed by atoms with E-state index in [-0.39, 0.29) is 30.6 Å². The van der Waals surface area contributed by atoms with E-state index in [9.17, 15) is 14.0 Å². The van der Waals surface area contributed by atoms with E-state index in [0.717, 1.165) is 24.0 Å². The number of carbonyl (C=O) groups is 2. The van der Waals surface area contributed by atoms with Gasteiger partial charge in [0.05, 0.1) is 13.2 Å². The molecule has 0 aliphatic rings. The quantitative estimate of drug-likeness (QED) is 0.398. The molecule has 7 heteroatoms. The van der Waals surface area contributed by atoms with Crippen LogP contribution in [0.1, 0.15) is 58.1 Å². The van der Waals surface area contributed by atoms with Crippen LogP contribution in [0.15, 0.2) is 42.5 Å². The Morgan fingerprint density at radius 1 is 0.971 bits per heavy atom. The van der Waals surface area contributed by atoms with Gasteiger partial charge in [-0.1, -0.05) is 31.5 Å². The maximum absolute atomic E-state index is 13.4. The number of halogens is 1. The Morgan fingerprint density at radius 3 is 2.26 bits per heavy atom. The number of hydrogen-bond acceptors (Lipinski definition) is 4. The molecule has 1 N–H and O–H groups in total.